The van der Waals surface area contributed by atoms with Crippen molar-refractivity contribution in [3.05, 3.63) is 78.3 Å². The monoisotopic (exact) mass is 375 g/mol. The fraction of sp³-hybridized carbons (Fsp3) is 0.227. The number of benzene rings is 2. The summed E-state index contributed by atoms with van der Waals surface area (Å²) < 4.78 is 5.74. The van der Waals surface area contributed by atoms with Crippen molar-refractivity contribution < 1.29 is 14.0 Å². The number of amides is 3. The highest BCUT2D eigenvalue weighted by molar-refractivity contribution is 6.06. The van der Waals surface area contributed by atoms with Crippen LogP contribution in [0.25, 0.3) is 11.3 Å². The van der Waals surface area contributed by atoms with Gasteiger partial charge in [0.25, 0.3) is 5.91 Å². The lowest BCUT2D eigenvalue weighted by Gasteiger charge is -2.21. The van der Waals surface area contributed by atoms with Gasteiger partial charge in [0.05, 0.1) is 6.20 Å². The number of carbonyl (C=O) groups excluding carboxylic acids is 2. The van der Waals surface area contributed by atoms with Gasteiger partial charge in [-0.3, -0.25) is 9.69 Å². The van der Waals surface area contributed by atoms with Gasteiger partial charge in [0.15, 0.2) is 5.76 Å². The van der Waals surface area contributed by atoms with Crippen molar-refractivity contribution >= 4 is 11.9 Å². The van der Waals surface area contributed by atoms with Crippen LogP contribution in [0.15, 0.2) is 71.3 Å². The Morgan fingerprint density at radius 1 is 1.04 bits per heavy atom. The Balaban J connectivity index is 1.45. The fourth-order valence-electron chi connectivity index (χ4n) is 3.35. The van der Waals surface area contributed by atoms with Crippen molar-refractivity contribution in [1.29, 1.82) is 0 Å². The molecule has 1 saturated heterocycles. The van der Waals surface area contributed by atoms with Crippen LogP contribution in [0.3, 0.4) is 0 Å². The van der Waals surface area contributed by atoms with Crippen LogP contribution in [0.5, 0.6) is 0 Å². The van der Waals surface area contributed by atoms with Gasteiger partial charge in [-0.15, -0.1) is 0 Å². The number of oxazole rings is 1. The van der Waals surface area contributed by atoms with E-state index >= 15 is 0 Å². The Kier molecular flexibility index (Phi) is 4.69. The SMILES string of the molecule is C[C@]1(CCc2ccccc2)NC(=O)N(Cc2ncc(-c3ccccc3)o2)C1=O. The normalized spacial score (nSPS) is 19.1. The van der Waals surface area contributed by atoms with Crippen LogP contribution in [0.2, 0.25) is 0 Å². The first kappa shape index (κ1) is 18.0. The van der Waals surface area contributed by atoms with E-state index in [1.807, 2.05) is 60.7 Å². The Morgan fingerprint density at radius 3 is 2.43 bits per heavy atom. The number of rotatable bonds is 6. The maximum atomic E-state index is 12.9. The van der Waals surface area contributed by atoms with E-state index in [1.54, 1.807) is 13.1 Å². The van der Waals surface area contributed by atoms with E-state index in [0.29, 0.717) is 24.5 Å². The largest absolute Gasteiger partial charge is 0.439 e. The number of imide groups is 1. The molecular formula is C22H21N3O3. The van der Waals surface area contributed by atoms with Gasteiger partial charge in [-0.2, -0.15) is 0 Å². The first-order chi connectivity index (χ1) is 13.5. The predicted octanol–water partition coefficient (Wildman–Crippen LogP) is 3.78. The highest BCUT2D eigenvalue weighted by Gasteiger charge is 2.47. The van der Waals surface area contributed by atoms with Crippen molar-refractivity contribution in [2.24, 2.45) is 0 Å². The summed E-state index contributed by atoms with van der Waals surface area (Å²) in [5, 5.41) is 2.83. The van der Waals surface area contributed by atoms with Crippen molar-refractivity contribution in [2.75, 3.05) is 0 Å². The third-order valence-electron chi connectivity index (χ3n) is 5.01. The molecule has 0 radical (unpaired) electrons. The lowest BCUT2D eigenvalue weighted by Crippen LogP contribution is -2.44. The highest BCUT2D eigenvalue weighted by Crippen LogP contribution is 2.26. The summed E-state index contributed by atoms with van der Waals surface area (Å²) in [6, 6.07) is 19.1. The van der Waals surface area contributed by atoms with Gasteiger partial charge in [-0.05, 0) is 25.3 Å². The smallest absolute Gasteiger partial charge is 0.325 e. The summed E-state index contributed by atoms with van der Waals surface area (Å²) in [7, 11) is 0. The van der Waals surface area contributed by atoms with Crippen LogP contribution in [0.4, 0.5) is 4.79 Å². The molecule has 1 aromatic heterocycles. The molecule has 3 amide bonds. The Hall–Kier alpha value is -3.41. The molecule has 1 fully saturated rings. The van der Waals surface area contributed by atoms with Crippen molar-refractivity contribution in [1.82, 2.24) is 15.2 Å². The molecule has 0 saturated carbocycles. The molecule has 1 aliphatic rings. The maximum Gasteiger partial charge on any atom is 0.325 e. The lowest BCUT2D eigenvalue weighted by atomic mass is 9.93. The number of aryl methyl sites for hydroxylation is 1. The molecule has 28 heavy (non-hydrogen) atoms. The number of urea groups is 1. The molecule has 3 aromatic rings. The van der Waals surface area contributed by atoms with E-state index in [0.717, 1.165) is 11.1 Å². The van der Waals surface area contributed by atoms with E-state index in [1.165, 1.54) is 4.90 Å². The van der Waals surface area contributed by atoms with Gasteiger partial charge in [0.1, 0.15) is 12.1 Å². The minimum Gasteiger partial charge on any atom is -0.439 e. The van der Waals surface area contributed by atoms with Gasteiger partial charge in [-0.1, -0.05) is 60.7 Å². The average molecular weight is 375 g/mol. The molecule has 2 aromatic carbocycles. The molecule has 6 heteroatoms. The summed E-state index contributed by atoms with van der Waals surface area (Å²) in [4.78, 5) is 30.7. The minimum atomic E-state index is -0.929. The molecule has 142 valence electrons. The highest BCUT2D eigenvalue weighted by atomic mass is 16.4. The molecule has 0 spiro atoms. The number of nitrogens with one attached hydrogen (secondary N) is 1. The molecule has 0 unspecified atom stereocenters. The van der Waals surface area contributed by atoms with Gasteiger partial charge >= 0.3 is 6.03 Å². The summed E-state index contributed by atoms with van der Waals surface area (Å²) >= 11 is 0. The number of carbonyl (C=O) groups is 2. The maximum absolute atomic E-state index is 12.9. The summed E-state index contributed by atoms with van der Waals surface area (Å²) in [5.41, 5.74) is 1.09. The van der Waals surface area contributed by atoms with E-state index in [9.17, 15) is 9.59 Å². The van der Waals surface area contributed by atoms with E-state index in [-0.39, 0.29) is 12.5 Å². The zero-order valence-corrected chi connectivity index (χ0v) is 15.6. The van der Waals surface area contributed by atoms with Crippen LogP contribution in [0, 0.1) is 0 Å². The summed E-state index contributed by atoms with van der Waals surface area (Å²) in [6.45, 7) is 1.78. The zero-order chi connectivity index (χ0) is 19.6. The number of hydrogen-bond acceptors (Lipinski definition) is 4. The Bertz CT molecular complexity index is 985. The third-order valence-corrected chi connectivity index (χ3v) is 5.01. The van der Waals surface area contributed by atoms with E-state index in [4.69, 9.17) is 4.42 Å². The van der Waals surface area contributed by atoms with E-state index in [2.05, 4.69) is 10.3 Å². The van der Waals surface area contributed by atoms with Crippen molar-refractivity contribution in [3.8, 4) is 11.3 Å². The number of aromatic nitrogens is 1. The van der Waals surface area contributed by atoms with Gasteiger partial charge < -0.3 is 9.73 Å². The molecule has 1 N–H and O–H groups in total. The second-order valence-electron chi connectivity index (χ2n) is 7.12. The quantitative estimate of drug-likeness (QED) is 0.665. The molecule has 6 nitrogen and oxygen atoms in total. The predicted molar refractivity (Wildman–Crippen MR) is 104 cm³/mol. The second-order valence-corrected chi connectivity index (χ2v) is 7.12. The molecular weight excluding hydrogens is 354 g/mol. The fourth-order valence-corrected chi connectivity index (χ4v) is 3.35. The van der Waals surface area contributed by atoms with Gasteiger partial charge in [0.2, 0.25) is 5.89 Å². The summed E-state index contributed by atoms with van der Waals surface area (Å²) in [5.74, 6) is 0.678. The van der Waals surface area contributed by atoms with Crippen LogP contribution >= 0.6 is 0 Å². The third kappa shape index (κ3) is 3.53. The molecule has 0 bridgehead atoms. The molecule has 4 rings (SSSR count). The Morgan fingerprint density at radius 2 is 1.71 bits per heavy atom. The van der Waals surface area contributed by atoms with Crippen LogP contribution in [-0.2, 0) is 17.8 Å². The van der Waals surface area contributed by atoms with Gasteiger partial charge in [-0.25, -0.2) is 9.78 Å². The standard InChI is InChI=1S/C22H21N3O3/c1-22(13-12-16-8-4-2-5-9-16)20(26)25(21(27)24-22)15-19-23-14-18(28-19)17-10-6-3-7-11-17/h2-11,14H,12-13,15H2,1H3,(H,24,27)/t22-/m1/s1. The first-order valence-corrected chi connectivity index (χ1v) is 9.23. The zero-order valence-electron chi connectivity index (χ0n) is 15.6. The van der Waals surface area contributed by atoms with E-state index < -0.39 is 11.6 Å². The molecule has 1 atom stereocenters. The Labute approximate surface area is 163 Å². The minimum absolute atomic E-state index is 0.0123. The van der Waals surface area contributed by atoms with Gasteiger partial charge in [0, 0.05) is 5.56 Å². The number of hydrogen-bond donors (Lipinski definition) is 1. The first-order valence-electron chi connectivity index (χ1n) is 9.23. The van der Waals surface area contributed by atoms with Crippen molar-refractivity contribution in [2.45, 2.75) is 31.8 Å². The molecule has 2 heterocycles. The van der Waals surface area contributed by atoms with Crippen LogP contribution in [-0.4, -0.2) is 27.4 Å². The van der Waals surface area contributed by atoms with Crippen molar-refractivity contribution in [3.63, 3.8) is 0 Å². The average Bonchev–Trinajstić information content (AvgIpc) is 3.27. The lowest BCUT2D eigenvalue weighted by molar-refractivity contribution is -0.131. The molecule has 1 aliphatic heterocycles. The topological polar surface area (TPSA) is 75.4 Å². The van der Waals surface area contributed by atoms with Crippen LogP contribution < -0.4 is 5.32 Å². The summed E-state index contributed by atoms with van der Waals surface area (Å²) in [6.07, 6.45) is 2.84. The van der Waals surface area contributed by atoms with Crippen LogP contribution in [0.1, 0.15) is 24.8 Å². The molecule has 0 aliphatic carbocycles. The second kappa shape index (κ2) is 7.31. The number of nitrogens with zero attached hydrogens (tertiary/aromatic N) is 2.